The second-order valence-electron chi connectivity index (χ2n) is 7.92. The SMILES string of the molecule is C#C[C@H]1CCN1c1nc(N2C[C@H]3C[C@@H](C2)C3CC(=O)O)cc(C(F)(F)F)c1C#N. The maximum absolute atomic E-state index is 13.7. The molecule has 4 atom stereocenters. The van der Waals surface area contributed by atoms with Crippen LogP contribution in [0, 0.1) is 41.4 Å². The first-order chi connectivity index (χ1) is 13.7. The van der Waals surface area contributed by atoms with Crippen LogP contribution in [0.25, 0.3) is 0 Å². The summed E-state index contributed by atoms with van der Waals surface area (Å²) in [6.07, 6.45) is 2.36. The first kappa shape index (κ1) is 19.4. The topological polar surface area (TPSA) is 80.5 Å². The van der Waals surface area contributed by atoms with Crippen LogP contribution in [0.1, 0.15) is 30.4 Å². The van der Waals surface area contributed by atoms with Gasteiger partial charge in [0.2, 0.25) is 0 Å². The van der Waals surface area contributed by atoms with Gasteiger partial charge >= 0.3 is 12.1 Å². The maximum Gasteiger partial charge on any atom is 0.417 e. The van der Waals surface area contributed by atoms with Crippen molar-refractivity contribution in [2.75, 3.05) is 29.4 Å². The Labute approximate surface area is 165 Å². The summed E-state index contributed by atoms with van der Waals surface area (Å²) < 4.78 is 41.1. The molecule has 4 fully saturated rings. The number of nitrogens with zero attached hydrogens (tertiary/aromatic N) is 4. The number of hydrogen-bond acceptors (Lipinski definition) is 5. The molecule has 29 heavy (non-hydrogen) atoms. The highest BCUT2D eigenvalue weighted by Crippen LogP contribution is 2.49. The van der Waals surface area contributed by atoms with Crippen molar-refractivity contribution in [3.63, 3.8) is 0 Å². The fourth-order valence-electron chi connectivity index (χ4n) is 4.75. The van der Waals surface area contributed by atoms with Crippen LogP contribution >= 0.6 is 0 Å². The molecule has 1 unspecified atom stereocenters. The Balaban J connectivity index is 1.69. The van der Waals surface area contributed by atoms with Crippen LogP contribution in [-0.4, -0.2) is 41.7 Å². The predicted octanol–water partition coefficient (Wildman–Crippen LogP) is 2.73. The molecule has 9 heteroatoms. The van der Waals surface area contributed by atoms with E-state index in [1.807, 2.05) is 0 Å². The van der Waals surface area contributed by atoms with Crippen LogP contribution in [0.4, 0.5) is 24.8 Å². The average molecular weight is 404 g/mol. The number of carboxylic acids is 1. The summed E-state index contributed by atoms with van der Waals surface area (Å²) in [5.41, 5.74) is -1.52. The molecule has 0 spiro atoms. The van der Waals surface area contributed by atoms with Gasteiger partial charge in [0.05, 0.1) is 11.6 Å². The predicted molar refractivity (Wildman–Crippen MR) is 98.1 cm³/mol. The highest BCUT2D eigenvalue weighted by Gasteiger charge is 2.48. The molecule has 1 N–H and O–H groups in total. The summed E-state index contributed by atoms with van der Waals surface area (Å²) in [5.74, 6) is 2.13. The lowest BCUT2D eigenvalue weighted by Gasteiger charge is -2.54. The van der Waals surface area contributed by atoms with Crippen molar-refractivity contribution in [2.45, 2.75) is 31.5 Å². The van der Waals surface area contributed by atoms with Crippen LogP contribution < -0.4 is 9.80 Å². The highest BCUT2D eigenvalue weighted by atomic mass is 19.4. The number of halogens is 3. The molecule has 0 aromatic carbocycles. The molecule has 0 amide bonds. The molecule has 1 aromatic rings. The maximum atomic E-state index is 13.7. The van der Waals surface area contributed by atoms with Gasteiger partial charge in [0, 0.05) is 26.1 Å². The summed E-state index contributed by atoms with van der Waals surface area (Å²) in [5, 5.41) is 18.5. The van der Waals surface area contributed by atoms with Crippen LogP contribution in [0.2, 0.25) is 0 Å². The minimum absolute atomic E-state index is 0.0205. The highest BCUT2D eigenvalue weighted by molar-refractivity contribution is 5.68. The number of carboxylic acid groups (broad SMARTS) is 1. The standard InChI is InChI=1S/C20H19F3N4O2/c1-2-13-3-4-27(13)19-15(8-24)16(20(21,22)23)7-17(25-19)26-9-11-5-12(10-26)14(11)6-18(28)29/h1,7,11-14H,3-6,9-10H2,(H,28,29)/t11-,12+,13-,14?/m0/s1. The molecule has 6 nitrogen and oxygen atoms in total. The van der Waals surface area contributed by atoms with E-state index in [0.29, 0.717) is 26.1 Å². The lowest BCUT2D eigenvalue weighted by Crippen LogP contribution is -2.56. The van der Waals surface area contributed by atoms with Gasteiger partial charge in [0.25, 0.3) is 0 Å². The number of hydrogen-bond donors (Lipinski definition) is 1. The van der Waals surface area contributed by atoms with Gasteiger partial charge in [0.1, 0.15) is 17.5 Å². The van der Waals surface area contributed by atoms with Crippen molar-refractivity contribution in [3.05, 3.63) is 17.2 Å². The number of rotatable bonds is 4. The normalized spacial score (nSPS) is 28.0. The molecule has 4 heterocycles. The second-order valence-corrected chi connectivity index (χ2v) is 7.92. The van der Waals surface area contributed by atoms with E-state index >= 15 is 0 Å². The largest absolute Gasteiger partial charge is 0.481 e. The van der Waals surface area contributed by atoms with Gasteiger partial charge in [-0.2, -0.15) is 18.4 Å². The number of alkyl halides is 3. The molecule has 1 saturated carbocycles. The zero-order valence-corrected chi connectivity index (χ0v) is 15.5. The van der Waals surface area contributed by atoms with Crippen molar-refractivity contribution in [2.24, 2.45) is 17.8 Å². The second kappa shape index (κ2) is 6.84. The number of terminal acetylenes is 1. The molecule has 152 valence electrons. The number of carbonyl (C=O) groups is 1. The van der Waals surface area contributed by atoms with Gasteiger partial charge < -0.3 is 14.9 Å². The van der Waals surface area contributed by atoms with Crippen LogP contribution in [0.15, 0.2) is 6.07 Å². The van der Waals surface area contributed by atoms with Gasteiger partial charge in [0.15, 0.2) is 5.82 Å². The number of nitriles is 1. The molecule has 1 aromatic heterocycles. The molecule has 5 rings (SSSR count). The third kappa shape index (κ3) is 3.25. The van der Waals surface area contributed by atoms with E-state index in [2.05, 4.69) is 10.9 Å². The van der Waals surface area contributed by atoms with Crippen LogP contribution in [-0.2, 0) is 11.0 Å². The van der Waals surface area contributed by atoms with Crippen molar-refractivity contribution >= 4 is 17.6 Å². The number of aromatic nitrogens is 1. The van der Waals surface area contributed by atoms with Gasteiger partial charge in [-0.1, -0.05) is 5.92 Å². The van der Waals surface area contributed by atoms with E-state index in [1.54, 1.807) is 15.9 Å². The molecule has 3 saturated heterocycles. The van der Waals surface area contributed by atoms with E-state index in [4.69, 9.17) is 11.5 Å². The average Bonchev–Trinajstić information content (AvgIpc) is 2.64. The van der Waals surface area contributed by atoms with Gasteiger partial charge in [-0.3, -0.25) is 4.79 Å². The van der Waals surface area contributed by atoms with E-state index in [0.717, 1.165) is 12.5 Å². The Hall–Kier alpha value is -2.94. The van der Waals surface area contributed by atoms with Crippen molar-refractivity contribution in [3.8, 4) is 18.4 Å². The Morgan fingerprint density at radius 2 is 2.07 bits per heavy atom. The Kier molecular flexibility index (Phi) is 4.57. The number of pyridine rings is 1. The first-order valence-electron chi connectivity index (χ1n) is 9.44. The van der Waals surface area contributed by atoms with E-state index in [1.165, 1.54) is 0 Å². The summed E-state index contributed by atoms with van der Waals surface area (Å²) in [6, 6.07) is 2.22. The molecular weight excluding hydrogens is 385 g/mol. The van der Waals surface area contributed by atoms with E-state index < -0.39 is 23.3 Å². The molecule has 3 aliphatic heterocycles. The van der Waals surface area contributed by atoms with Crippen LogP contribution in [0.3, 0.4) is 0 Å². The number of anilines is 2. The Bertz CT molecular complexity index is 921. The lowest BCUT2D eigenvalue weighted by atomic mass is 9.60. The monoisotopic (exact) mass is 404 g/mol. The lowest BCUT2D eigenvalue weighted by molar-refractivity contribution is -0.141. The van der Waals surface area contributed by atoms with E-state index in [-0.39, 0.29) is 41.9 Å². The number of piperidine rings is 2. The Morgan fingerprint density at radius 1 is 1.38 bits per heavy atom. The fraction of sp³-hybridized carbons (Fsp3) is 0.550. The van der Waals surface area contributed by atoms with Gasteiger partial charge in [-0.05, 0) is 36.7 Å². The smallest absolute Gasteiger partial charge is 0.417 e. The molecular formula is C20H19F3N4O2. The summed E-state index contributed by atoms with van der Waals surface area (Å²) in [6.45, 7) is 1.37. The van der Waals surface area contributed by atoms with Crippen molar-refractivity contribution in [1.82, 2.24) is 4.98 Å². The first-order valence-corrected chi connectivity index (χ1v) is 9.44. The number of aliphatic carboxylic acids is 1. The van der Waals surface area contributed by atoms with Crippen molar-refractivity contribution in [1.29, 1.82) is 5.26 Å². The zero-order valence-electron chi connectivity index (χ0n) is 15.5. The Morgan fingerprint density at radius 3 is 2.55 bits per heavy atom. The minimum atomic E-state index is -4.70. The third-order valence-corrected chi connectivity index (χ3v) is 6.35. The van der Waals surface area contributed by atoms with Crippen LogP contribution in [0.5, 0.6) is 0 Å². The van der Waals surface area contributed by atoms with Crippen molar-refractivity contribution < 1.29 is 23.1 Å². The molecule has 4 aliphatic rings. The quantitative estimate of drug-likeness (QED) is 0.778. The molecule has 0 radical (unpaired) electrons. The summed E-state index contributed by atoms with van der Waals surface area (Å²) in [4.78, 5) is 18.8. The zero-order chi connectivity index (χ0) is 20.9. The summed E-state index contributed by atoms with van der Waals surface area (Å²) >= 11 is 0. The minimum Gasteiger partial charge on any atom is -0.481 e. The van der Waals surface area contributed by atoms with Gasteiger partial charge in [-0.15, -0.1) is 6.42 Å². The summed E-state index contributed by atoms with van der Waals surface area (Å²) in [7, 11) is 0. The fourth-order valence-corrected chi connectivity index (χ4v) is 4.75. The molecule has 2 bridgehead atoms. The van der Waals surface area contributed by atoms with E-state index in [9.17, 15) is 23.2 Å². The third-order valence-electron chi connectivity index (χ3n) is 6.35. The van der Waals surface area contributed by atoms with Gasteiger partial charge in [-0.25, -0.2) is 4.98 Å². The molecule has 1 aliphatic carbocycles. The number of fused-ring (bicyclic) bond motifs is 2.